The van der Waals surface area contributed by atoms with Crippen LogP contribution in [0.4, 0.5) is 11.4 Å². The number of benzene rings is 3. The second kappa shape index (κ2) is 9.27. The van der Waals surface area contributed by atoms with Crippen molar-refractivity contribution in [2.75, 3.05) is 16.8 Å². The summed E-state index contributed by atoms with van der Waals surface area (Å²) >= 11 is 0. The first-order chi connectivity index (χ1) is 15.5. The first-order valence-corrected chi connectivity index (χ1v) is 11.0. The molecule has 0 saturated carbocycles. The summed E-state index contributed by atoms with van der Waals surface area (Å²) < 4.78 is 5.98. The summed E-state index contributed by atoms with van der Waals surface area (Å²) in [6.07, 6.45) is 1.06. The lowest BCUT2D eigenvalue weighted by atomic mass is 10.1. The van der Waals surface area contributed by atoms with Crippen LogP contribution in [-0.4, -0.2) is 18.4 Å². The quantitative estimate of drug-likeness (QED) is 0.552. The smallest absolute Gasteiger partial charge is 0.229 e. The molecular weight excluding hydrogens is 400 g/mol. The van der Waals surface area contributed by atoms with Crippen LogP contribution in [-0.2, 0) is 16.0 Å². The molecule has 5 nitrogen and oxygen atoms in total. The summed E-state index contributed by atoms with van der Waals surface area (Å²) in [7, 11) is 0. The Morgan fingerprint density at radius 2 is 1.78 bits per heavy atom. The van der Waals surface area contributed by atoms with Crippen LogP contribution < -0.4 is 15.0 Å². The first kappa shape index (κ1) is 21.6. The fourth-order valence-corrected chi connectivity index (χ4v) is 4.00. The summed E-state index contributed by atoms with van der Waals surface area (Å²) in [6, 6.07) is 21.1. The molecule has 1 heterocycles. The van der Waals surface area contributed by atoms with Gasteiger partial charge < -0.3 is 15.0 Å². The van der Waals surface area contributed by atoms with Crippen LogP contribution in [0.1, 0.15) is 30.0 Å². The van der Waals surface area contributed by atoms with Crippen molar-refractivity contribution in [3.8, 4) is 11.5 Å². The Hall–Kier alpha value is -3.60. The van der Waals surface area contributed by atoms with E-state index in [2.05, 4.69) is 25.2 Å². The van der Waals surface area contributed by atoms with Crippen LogP contribution >= 0.6 is 0 Å². The van der Waals surface area contributed by atoms with E-state index in [9.17, 15) is 9.59 Å². The van der Waals surface area contributed by atoms with Gasteiger partial charge in [0.1, 0.15) is 11.5 Å². The molecule has 0 aliphatic carbocycles. The van der Waals surface area contributed by atoms with Gasteiger partial charge in [0.15, 0.2) is 0 Å². The van der Waals surface area contributed by atoms with Crippen molar-refractivity contribution in [2.24, 2.45) is 5.92 Å². The number of rotatable bonds is 6. The van der Waals surface area contributed by atoms with Gasteiger partial charge in [-0.2, -0.15) is 0 Å². The van der Waals surface area contributed by atoms with Gasteiger partial charge in [0.25, 0.3) is 0 Å². The number of nitrogens with one attached hydrogen (secondary N) is 1. The van der Waals surface area contributed by atoms with Crippen LogP contribution in [0, 0.1) is 19.8 Å². The zero-order chi connectivity index (χ0) is 22.7. The van der Waals surface area contributed by atoms with Crippen molar-refractivity contribution in [1.29, 1.82) is 0 Å². The molecule has 2 amide bonds. The molecule has 1 aliphatic heterocycles. The van der Waals surface area contributed by atoms with Gasteiger partial charge in [-0.15, -0.1) is 0 Å². The zero-order valence-corrected chi connectivity index (χ0v) is 18.7. The predicted octanol–water partition coefficient (Wildman–Crippen LogP) is 5.65. The third-order valence-electron chi connectivity index (χ3n) is 6.06. The Kier molecular flexibility index (Phi) is 6.26. The number of carbonyl (C=O) groups excluding carboxylic acids is 2. The van der Waals surface area contributed by atoms with Crippen molar-refractivity contribution in [1.82, 2.24) is 0 Å². The van der Waals surface area contributed by atoms with Gasteiger partial charge >= 0.3 is 0 Å². The van der Waals surface area contributed by atoms with Crippen molar-refractivity contribution in [3.63, 3.8) is 0 Å². The van der Waals surface area contributed by atoms with E-state index in [-0.39, 0.29) is 24.2 Å². The molecule has 0 unspecified atom stereocenters. The first-order valence-electron chi connectivity index (χ1n) is 11.0. The lowest BCUT2D eigenvalue weighted by Crippen LogP contribution is -2.28. The molecule has 1 atom stereocenters. The molecule has 0 spiro atoms. The van der Waals surface area contributed by atoms with Crippen LogP contribution in [0.2, 0.25) is 0 Å². The largest absolute Gasteiger partial charge is 0.457 e. The van der Waals surface area contributed by atoms with Gasteiger partial charge in [0, 0.05) is 24.3 Å². The second-order valence-corrected chi connectivity index (χ2v) is 8.20. The van der Waals surface area contributed by atoms with Crippen LogP contribution in [0.25, 0.3) is 0 Å². The molecule has 4 rings (SSSR count). The second-order valence-electron chi connectivity index (χ2n) is 8.20. The molecule has 3 aromatic carbocycles. The normalized spacial score (nSPS) is 15.7. The Balaban J connectivity index is 1.40. The molecule has 0 radical (unpaired) electrons. The highest BCUT2D eigenvalue weighted by molar-refractivity contribution is 6.03. The standard InChI is InChI=1S/C27H28N2O3/c1-4-20-9-5-6-10-24(20)29-17-21(16-26(29)30)27(31)28-22-12-14-23(15-13-22)32-25-11-7-8-18(2)19(25)3/h5-15,21H,4,16-17H2,1-3H3,(H,28,31)/t21-/m0/s1. The number of aryl methyl sites for hydroxylation is 2. The van der Waals surface area contributed by atoms with Gasteiger partial charge in [-0.1, -0.05) is 37.3 Å². The molecule has 32 heavy (non-hydrogen) atoms. The number of para-hydroxylation sites is 1. The third kappa shape index (κ3) is 4.52. The van der Waals surface area contributed by atoms with Crippen molar-refractivity contribution < 1.29 is 14.3 Å². The lowest BCUT2D eigenvalue weighted by molar-refractivity contribution is -0.122. The molecule has 0 bridgehead atoms. The summed E-state index contributed by atoms with van der Waals surface area (Å²) in [5.41, 5.74) is 4.98. The molecule has 0 aromatic heterocycles. The average Bonchev–Trinajstić information content (AvgIpc) is 3.19. The van der Waals surface area contributed by atoms with Gasteiger partial charge in [0.05, 0.1) is 5.92 Å². The number of anilines is 2. The molecule has 1 N–H and O–H groups in total. The Morgan fingerprint density at radius 1 is 1.03 bits per heavy atom. The van der Waals surface area contributed by atoms with Gasteiger partial charge in [-0.3, -0.25) is 9.59 Å². The number of nitrogens with zero attached hydrogens (tertiary/aromatic N) is 1. The maximum atomic E-state index is 12.8. The number of carbonyl (C=O) groups is 2. The number of ether oxygens (including phenoxy) is 1. The highest BCUT2D eigenvalue weighted by Gasteiger charge is 2.35. The molecule has 1 fully saturated rings. The van der Waals surface area contributed by atoms with Gasteiger partial charge in [-0.25, -0.2) is 0 Å². The van der Waals surface area contributed by atoms with Crippen LogP contribution in [0.5, 0.6) is 11.5 Å². The van der Waals surface area contributed by atoms with Crippen molar-refractivity contribution in [2.45, 2.75) is 33.6 Å². The van der Waals surface area contributed by atoms with E-state index in [1.54, 1.807) is 4.90 Å². The van der Waals surface area contributed by atoms with Crippen LogP contribution in [0.3, 0.4) is 0 Å². The molecule has 3 aromatic rings. The fraction of sp³-hybridized carbons (Fsp3) is 0.259. The van der Waals surface area contributed by atoms with E-state index in [0.717, 1.165) is 29.0 Å². The minimum Gasteiger partial charge on any atom is -0.457 e. The van der Waals surface area contributed by atoms with Crippen molar-refractivity contribution >= 4 is 23.2 Å². The third-order valence-corrected chi connectivity index (χ3v) is 6.06. The maximum absolute atomic E-state index is 12.8. The van der Waals surface area contributed by atoms with E-state index < -0.39 is 0 Å². The Bertz CT molecular complexity index is 1140. The summed E-state index contributed by atoms with van der Waals surface area (Å²) in [6.45, 7) is 6.55. The number of amides is 2. The number of hydrogen-bond acceptors (Lipinski definition) is 3. The zero-order valence-electron chi connectivity index (χ0n) is 18.7. The topological polar surface area (TPSA) is 58.6 Å². The van der Waals surface area contributed by atoms with Crippen molar-refractivity contribution in [3.05, 3.63) is 83.4 Å². The van der Waals surface area contributed by atoms with E-state index in [1.165, 1.54) is 5.56 Å². The Labute approximate surface area is 189 Å². The highest BCUT2D eigenvalue weighted by Crippen LogP contribution is 2.30. The minimum atomic E-state index is -0.377. The SMILES string of the molecule is CCc1ccccc1N1C[C@@H](C(=O)Nc2ccc(Oc3cccc(C)c3C)cc2)CC1=O. The summed E-state index contributed by atoms with van der Waals surface area (Å²) in [5.74, 6) is 0.994. The average molecular weight is 429 g/mol. The highest BCUT2D eigenvalue weighted by atomic mass is 16.5. The predicted molar refractivity (Wildman–Crippen MR) is 127 cm³/mol. The monoisotopic (exact) mass is 428 g/mol. The van der Waals surface area contributed by atoms with Gasteiger partial charge in [0.2, 0.25) is 11.8 Å². The molecule has 5 heteroatoms. The lowest BCUT2D eigenvalue weighted by Gasteiger charge is -2.20. The number of hydrogen-bond donors (Lipinski definition) is 1. The van der Waals surface area contributed by atoms with E-state index >= 15 is 0 Å². The molecule has 1 saturated heterocycles. The van der Waals surface area contributed by atoms with E-state index in [1.807, 2.05) is 67.6 Å². The van der Waals surface area contributed by atoms with E-state index in [0.29, 0.717) is 18.0 Å². The van der Waals surface area contributed by atoms with Gasteiger partial charge in [-0.05, 0) is 73.4 Å². The molecule has 1 aliphatic rings. The van der Waals surface area contributed by atoms with E-state index in [4.69, 9.17) is 4.74 Å². The van der Waals surface area contributed by atoms with Crippen LogP contribution in [0.15, 0.2) is 66.7 Å². The fourth-order valence-electron chi connectivity index (χ4n) is 4.00. The Morgan fingerprint density at radius 3 is 2.53 bits per heavy atom. The minimum absolute atomic E-state index is 0.0108. The maximum Gasteiger partial charge on any atom is 0.229 e. The summed E-state index contributed by atoms with van der Waals surface area (Å²) in [5, 5.41) is 2.94. The molecule has 164 valence electrons. The molecular formula is C27H28N2O3. The summed E-state index contributed by atoms with van der Waals surface area (Å²) in [4.78, 5) is 27.2.